The van der Waals surface area contributed by atoms with Gasteiger partial charge in [0.2, 0.25) is 0 Å². The van der Waals surface area contributed by atoms with Gasteiger partial charge in [-0.05, 0) is 39.5 Å². The Morgan fingerprint density at radius 2 is 1.95 bits per heavy atom. The van der Waals surface area contributed by atoms with Crippen LogP contribution in [0.3, 0.4) is 0 Å². The minimum absolute atomic E-state index is 0.0588. The molecule has 0 atom stereocenters. The van der Waals surface area contributed by atoms with Crippen molar-refractivity contribution in [1.82, 2.24) is 4.90 Å². The molecule has 0 saturated carbocycles. The second-order valence-corrected chi connectivity index (χ2v) is 6.59. The summed E-state index contributed by atoms with van der Waals surface area (Å²) < 4.78 is 4.82. The fraction of sp³-hybridized carbons (Fsp3) is 0.733. The van der Waals surface area contributed by atoms with Gasteiger partial charge in [-0.25, -0.2) is 4.79 Å². The number of rotatable bonds is 3. The summed E-state index contributed by atoms with van der Waals surface area (Å²) in [5.74, 6) is -1.27. The Kier molecular flexibility index (Phi) is 4.43. The zero-order valence-electron chi connectivity index (χ0n) is 12.9. The minimum atomic E-state index is -0.752. The third kappa shape index (κ3) is 3.58. The average Bonchev–Trinajstić information content (AvgIpc) is 2.26. The molecule has 0 aromatic rings. The first-order valence-corrected chi connectivity index (χ1v) is 6.80. The molecular formula is C15H25NO3. The van der Waals surface area contributed by atoms with Crippen LogP contribution in [0.25, 0.3) is 0 Å². The molecule has 1 aliphatic heterocycles. The molecule has 1 rings (SSSR count). The second kappa shape index (κ2) is 5.35. The Morgan fingerprint density at radius 3 is 2.42 bits per heavy atom. The summed E-state index contributed by atoms with van der Waals surface area (Å²) in [6.45, 7) is 13.1. The number of carbonyl (C=O) groups excluding carboxylic acids is 2. The highest BCUT2D eigenvalue weighted by Crippen LogP contribution is 2.37. The van der Waals surface area contributed by atoms with Crippen molar-refractivity contribution in [2.24, 2.45) is 5.41 Å². The Bertz CT molecular complexity index is 402. The van der Waals surface area contributed by atoms with Gasteiger partial charge in [-0.2, -0.15) is 0 Å². The summed E-state index contributed by atoms with van der Waals surface area (Å²) in [4.78, 5) is 26.0. The predicted octanol–water partition coefficient (Wildman–Crippen LogP) is 2.53. The molecule has 0 saturated heterocycles. The van der Waals surface area contributed by atoms with E-state index < -0.39 is 11.8 Å². The quantitative estimate of drug-likeness (QED) is 0.582. The molecule has 0 N–H and O–H groups in total. The Hall–Kier alpha value is -1.32. The van der Waals surface area contributed by atoms with E-state index in [1.807, 2.05) is 20.0 Å². The Morgan fingerprint density at radius 1 is 1.37 bits per heavy atom. The molecule has 0 fully saturated rings. The lowest BCUT2D eigenvalue weighted by atomic mass is 9.76. The molecule has 1 heterocycles. The summed E-state index contributed by atoms with van der Waals surface area (Å²) in [6, 6.07) is 0. The molecule has 0 aromatic carbocycles. The van der Waals surface area contributed by atoms with Gasteiger partial charge in [0, 0.05) is 23.9 Å². The van der Waals surface area contributed by atoms with Crippen LogP contribution in [-0.2, 0) is 14.3 Å². The molecule has 4 heteroatoms. The highest BCUT2D eigenvalue weighted by atomic mass is 16.5. The van der Waals surface area contributed by atoms with Crippen LogP contribution in [0.2, 0.25) is 0 Å². The van der Waals surface area contributed by atoms with E-state index in [1.165, 1.54) is 0 Å². The van der Waals surface area contributed by atoms with Crippen molar-refractivity contribution in [3.05, 3.63) is 11.8 Å². The predicted molar refractivity (Wildman–Crippen MR) is 74.6 cm³/mol. The molecule has 0 radical (unpaired) electrons. The van der Waals surface area contributed by atoms with Gasteiger partial charge >= 0.3 is 5.97 Å². The minimum Gasteiger partial charge on any atom is -0.460 e. The van der Waals surface area contributed by atoms with Gasteiger partial charge in [-0.3, -0.25) is 4.79 Å². The highest BCUT2D eigenvalue weighted by molar-refractivity contribution is 6.40. The van der Waals surface area contributed by atoms with E-state index in [1.54, 1.807) is 6.92 Å². The van der Waals surface area contributed by atoms with E-state index in [4.69, 9.17) is 4.74 Å². The first-order valence-electron chi connectivity index (χ1n) is 6.80. The molecule has 0 amide bonds. The highest BCUT2D eigenvalue weighted by Gasteiger charge is 2.38. The lowest BCUT2D eigenvalue weighted by molar-refractivity contribution is -0.152. The molecule has 0 spiro atoms. The summed E-state index contributed by atoms with van der Waals surface area (Å²) in [5.41, 5.74) is 0.203. The number of hydrogen-bond acceptors (Lipinski definition) is 4. The molecule has 0 aliphatic carbocycles. The number of hydrogen-bond donors (Lipinski definition) is 0. The van der Waals surface area contributed by atoms with Crippen molar-refractivity contribution in [2.75, 3.05) is 13.2 Å². The molecule has 4 nitrogen and oxygen atoms in total. The van der Waals surface area contributed by atoms with Crippen molar-refractivity contribution in [3.63, 3.8) is 0 Å². The molecular weight excluding hydrogens is 242 g/mol. The maximum absolute atomic E-state index is 12.2. The fourth-order valence-electron chi connectivity index (χ4n) is 2.13. The molecule has 0 aromatic heterocycles. The van der Waals surface area contributed by atoms with Gasteiger partial charge in [-0.15, -0.1) is 0 Å². The largest absolute Gasteiger partial charge is 0.460 e. The second-order valence-electron chi connectivity index (χ2n) is 6.59. The molecule has 0 unspecified atom stereocenters. The van der Waals surface area contributed by atoms with Gasteiger partial charge in [0.05, 0.1) is 6.61 Å². The van der Waals surface area contributed by atoms with E-state index >= 15 is 0 Å². The Labute approximate surface area is 115 Å². The van der Waals surface area contributed by atoms with E-state index in [0.29, 0.717) is 5.57 Å². The first-order chi connectivity index (χ1) is 8.59. The molecule has 108 valence electrons. The van der Waals surface area contributed by atoms with Crippen molar-refractivity contribution in [2.45, 2.75) is 53.5 Å². The summed E-state index contributed by atoms with van der Waals surface area (Å²) in [5, 5.41) is 0. The maximum Gasteiger partial charge on any atom is 0.379 e. The van der Waals surface area contributed by atoms with Gasteiger partial charge in [0.25, 0.3) is 5.78 Å². The van der Waals surface area contributed by atoms with Crippen molar-refractivity contribution in [3.8, 4) is 0 Å². The molecule has 0 bridgehead atoms. The standard InChI is InChI=1S/C15H25NO3/c1-7-19-13(18)12(17)11-10-16(14(2,3)4)9-8-15(11,5)6/h10H,7-9H2,1-6H3. The number of Topliss-reactive ketones (excluding diaryl/α,β-unsaturated/α-hetero) is 1. The van der Waals surface area contributed by atoms with Crippen LogP contribution >= 0.6 is 0 Å². The number of carbonyl (C=O) groups is 2. The van der Waals surface area contributed by atoms with Gasteiger partial charge in [0.15, 0.2) is 0 Å². The smallest absolute Gasteiger partial charge is 0.379 e. The monoisotopic (exact) mass is 267 g/mol. The average molecular weight is 267 g/mol. The van der Waals surface area contributed by atoms with Gasteiger partial charge in [0.1, 0.15) is 0 Å². The van der Waals surface area contributed by atoms with E-state index in [2.05, 4.69) is 25.7 Å². The number of nitrogens with zero attached hydrogens (tertiary/aromatic N) is 1. The molecule has 1 aliphatic rings. The van der Waals surface area contributed by atoms with Crippen LogP contribution in [0.15, 0.2) is 11.8 Å². The van der Waals surface area contributed by atoms with Crippen molar-refractivity contribution >= 4 is 11.8 Å². The van der Waals surface area contributed by atoms with Crippen LogP contribution in [0.5, 0.6) is 0 Å². The summed E-state index contributed by atoms with van der Waals surface area (Å²) in [6.07, 6.45) is 2.68. The van der Waals surface area contributed by atoms with E-state index in [-0.39, 0.29) is 17.6 Å². The lowest BCUT2D eigenvalue weighted by Gasteiger charge is -2.43. The normalized spacial score (nSPS) is 18.8. The van der Waals surface area contributed by atoms with Gasteiger partial charge < -0.3 is 9.64 Å². The summed E-state index contributed by atoms with van der Waals surface area (Å²) in [7, 11) is 0. The lowest BCUT2D eigenvalue weighted by Crippen LogP contribution is -2.45. The van der Waals surface area contributed by atoms with Crippen LogP contribution in [-0.4, -0.2) is 35.3 Å². The fourth-order valence-corrected chi connectivity index (χ4v) is 2.13. The van der Waals surface area contributed by atoms with Gasteiger partial charge in [-0.1, -0.05) is 13.8 Å². The summed E-state index contributed by atoms with van der Waals surface area (Å²) >= 11 is 0. The van der Waals surface area contributed by atoms with Crippen LogP contribution in [0.1, 0.15) is 48.0 Å². The van der Waals surface area contributed by atoms with Crippen molar-refractivity contribution in [1.29, 1.82) is 0 Å². The zero-order chi connectivity index (χ0) is 14.8. The molecule has 19 heavy (non-hydrogen) atoms. The Balaban J connectivity index is 3.07. The third-order valence-electron chi connectivity index (χ3n) is 3.56. The zero-order valence-corrected chi connectivity index (χ0v) is 12.9. The SMILES string of the molecule is CCOC(=O)C(=O)C1=CN(C(C)(C)C)CCC1(C)C. The third-order valence-corrected chi connectivity index (χ3v) is 3.56. The van der Waals surface area contributed by atoms with E-state index in [0.717, 1.165) is 13.0 Å². The first kappa shape index (κ1) is 15.7. The maximum atomic E-state index is 12.2. The van der Waals surface area contributed by atoms with E-state index in [9.17, 15) is 9.59 Å². The number of ether oxygens (including phenoxy) is 1. The van der Waals surface area contributed by atoms with Crippen LogP contribution in [0.4, 0.5) is 0 Å². The van der Waals surface area contributed by atoms with Crippen molar-refractivity contribution < 1.29 is 14.3 Å². The van der Waals surface area contributed by atoms with Crippen LogP contribution in [0, 0.1) is 5.41 Å². The number of ketones is 1. The van der Waals surface area contributed by atoms with Crippen LogP contribution < -0.4 is 0 Å². The number of esters is 1. The topological polar surface area (TPSA) is 46.6 Å².